The van der Waals surface area contributed by atoms with Crippen LogP contribution in [0.4, 0.5) is 15.3 Å². The van der Waals surface area contributed by atoms with Gasteiger partial charge in [0, 0.05) is 25.4 Å². The maximum Gasteiger partial charge on any atom is 0.407 e. The van der Waals surface area contributed by atoms with Crippen LogP contribution in [-0.4, -0.2) is 53.0 Å². The van der Waals surface area contributed by atoms with Crippen molar-refractivity contribution in [2.45, 2.75) is 97.5 Å². The van der Waals surface area contributed by atoms with Crippen LogP contribution in [-0.2, 0) is 36.8 Å². The fourth-order valence-corrected chi connectivity index (χ4v) is 3.91. The molecule has 3 amide bonds. The van der Waals surface area contributed by atoms with Gasteiger partial charge in [0.05, 0.1) is 5.69 Å². The molecule has 0 bridgehead atoms. The zero-order chi connectivity index (χ0) is 32.0. The van der Waals surface area contributed by atoms with Gasteiger partial charge in [0.1, 0.15) is 23.6 Å². The molecule has 43 heavy (non-hydrogen) atoms. The molecule has 0 aliphatic heterocycles. The quantitative estimate of drug-likeness (QED) is 0.101. The predicted octanol–water partition coefficient (Wildman–Crippen LogP) is 5.60. The molecule has 0 radical (unpaired) electrons. The number of alkyl carbamates (subject to hydrolysis) is 2. The number of hydrogen-bond acceptors (Lipinski definition) is 8. The lowest BCUT2D eigenvalue weighted by atomic mass is 10.0. The molecule has 2 rings (SSSR count). The van der Waals surface area contributed by atoms with Crippen molar-refractivity contribution in [3.05, 3.63) is 59.7 Å². The molecule has 1 unspecified atom stereocenters. The third-order valence-electron chi connectivity index (χ3n) is 5.72. The second kappa shape index (κ2) is 16.4. The Morgan fingerprint density at radius 3 is 2.16 bits per heavy atom. The van der Waals surface area contributed by atoms with E-state index in [0.29, 0.717) is 18.4 Å². The minimum atomic E-state index is -0.701. The average Bonchev–Trinajstić information content (AvgIpc) is 2.89. The molecule has 0 fully saturated rings. The SMILES string of the molecule is CC(C)(C)OC(=O)CCC(Cc1ccc(O)c(NC(=O)CCCNC(=O)OCc2ccccc2)c1)NC(=O)OC(C)(C)C. The highest BCUT2D eigenvalue weighted by molar-refractivity contribution is 5.92. The van der Waals surface area contributed by atoms with Crippen molar-refractivity contribution in [2.75, 3.05) is 11.9 Å². The predicted molar refractivity (Wildman–Crippen MR) is 163 cm³/mol. The van der Waals surface area contributed by atoms with Crippen LogP contribution in [0.25, 0.3) is 0 Å². The number of carbonyl (C=O) groups excluding carboxylic acids is 4. The summed E-state index contributed by atoms with van der Waals surface area (Å²) in [6.45, 7) is 11.0. The third-order valence-corrected chi connectivity index (χ3v) is 5.72. The molecular formula is C32H45N3O8. The normalized spacial score (nSPS) is 12.0. The number of phenols is 1. The van der Waals surface area contributed by atoms with Crippen LogP contribution in [0.1, 0.15) is 78.4 Å². The van der Waals surface area contributed by atoms with E-state index in [2.05, 4.69) is 16.0 Å². The molecule has 2 aromatic rings. The van der Waals surface area contributed by atoms with Crippen LogP contribution in [0.15, 0.2) is 48.5 Å². The number of amides is 3. The lowest BCUT2D eigenvalue weighted by molar-refractivity contribution is -0.155. The Kier molecular flexibility index (Phi) is 13.3. The van der Waals surface area contributed by atoms with Gasteiger partial charge in [0.15, 0.2) is 0 Å². The van der Waals surface area contributed by atoms with Crippen LogP contribution in [0, 0.1) is 0 Å². The van der Waals surface area contributed by atoms with E-state index >= 15 is 0 Å². The van der Waals surface area contributed by atoms with Crippen molar-refractivity contribution in [1.29, 1.82) is 0 Å². The van der Waals surface area contributed by atoms with Gasteiger partial charge >= 0.3 is 18.2 Å². The molecule has 0 spiro atoms. The maximum atomic E-state index is 12.5. The standard InChI is InChI=1S/C32H45N3O8/c1-31(2,3)42-28(38)17-15-24(34-30(40)43-32(4,5)6)19-23-14-16-26(36)25(20-23)35-27(37)13-10-18-33-29(39)41-21-22-11-8-7-9-12-22/h7-9,11-12,14,16,20,24,36H,10,13,15,17-19,21H2,1-6H3,(H,33,39)(H,34,40)(H,35,37). The second-order valence-corrected chi connectivity index (χ2v) is 12.2. The van der Waals surface area contributed by atoms with Crippen LogP contribution < -0.4 is 16.0 Å². The van der Waals surface area contributed by atoms with Crippen molar-refractivity contribution >= 4 is 29.8 Å². The number of phenolic OH excluding ortho intramolecular Hbond substituents is 1. The minimum absolute atomic E-state index is 0.0766. The topological polar surface area (TPSA) is 152 Å². The smallest absolute Gasteiger partial charge is 0.407 e. The van der Waals surface area contributed by atoms with Gasteiger partial charge in [0.25, 0.3) is 0 Å². The molecule has 0 aliphatic rings. The molecule has 4 N–H and O–H groups in total. The lowest BCUT2D eigenvalue weighted by Crippen LogP contribution is -2.40. The Morgan fingerprint density at radius 1 is 0.837 bits per heavy atom. The van der Waals surface area contributed by atoms with E-state index in [4.69, 9.17) is 14.2 Å². The number of rotatable bonds is 13. The summed E-state index contributed by atoms with van der Waals surface area (Å²) >= 11 is 0. The summed E-state index contributed by atoms with van der Waals surface area (Å²) in [4.78, 5) is 49.2. The van der Waals surface area contributed by atoms with Gasteiger partial charge in [0.2, 0.25) is 5.91 Å². The molecule has 0 saturated heterocycles. The number of nitrogens with one attached hydrogen (secondary N) is 3. The summed E-state index contributed by atoms with van der Waals surface area (Å²) in [5.41, 5.74) is 0.459. The lowest BCUT2D eigenvalue weighted by Gasteiger charge is -2.24. The van der Waals surface area contributed by atoms with E-state index in [1.165, 1.54) is 6.07 Å². The molecule has 0 heterocycles. The summed E-state index contributed by atoms with van der Waals surface area (Å²) in [5, 5.41) is 18.4. The molecule has 1 atom stereocenters. The van der Waals surface area contributed by atoms with Crippen molar-refractivity contribution < 1.29 is 38.5 Å². The summed E-state index contributed by atoms with van der Waals surface area (Å²) in [5.74, 6) is -0.855. The number of ether oxygens (including phenoxy) is 3. The van der Waals surface area contributed by atoms with E-state index in [1.54, 1.807) is 53.7 Å². The van der Waals surface area contributed by atoms with Crippen molar-refractivity contribution in [3.63, 3.8) is 0 Å². The van der Waals surface area contributed by atoms with Crippen LogP contribution in [0.2, 0.25) is 0 Å². The van der Waals surface area contributed by atoms with Gasteiger partial charge in [-0.2, -0.15) is 0 Å². The first-order chi connectivity index (χ1) is 20.1. The number of carbonyl (C=O) groups is 4. The van der Waals surface area contributed by atoms with E-state index in [-0.39, 0.29) is 55.7 Å². The van der Waals surface area contributed by atoms with Crippen LogP contribution in [0.3, 0.4) is 0 Å². The molecule has 0 aromatic heterocycles. The summed E-state index contributed by atoms with van der Waals surface area (Å²) in [6, 6.07) is 13.5. The van der Waals surface area contributed by atoms with Gasteiger partial charge in [-0.15, -0.1) is 0 Å². The largest absolute Gasteiger partial charge is 0.506 e. The van der Waals surface area contributed by atoms with Gasteiger partial charge in [-0.05, 0) is 84.1 Å². The number of aromatic hydroxyl groups is 1. The van der Waals surface area contributed by atoms with E-state index < -0.39 is 29.4 Å². The Balaban J connectivity index is 1.91. The molecule has 236 valence electrons. The second-order valence-electron chi connectivity index (χ2n) is 12.2. The molecule has 2 aromatic carbocycles. The Hall–Kier alpha value is -4.28. The first-order valence-corrected chi connectivity index (χ1v) is 14.4. The molecule has 0 saturated carbocycles. The van der Waals surface area contributed by atoms with E-state index in [0.717, 1.165) is 5.56 Å². The zero-order valence-corrected chi connectivity index (χ0v) is 26.0. The number of hydrogen-bond donors (Lipinski definition) is 4. The van der Waals surface area contributed by atoms with Gasteiger partial charge in [-0.1, -0.05) is 36.4 Å². The van der Waals surface area contributed by atoms with Gasteiger partial charge < -0.3 is 35.3 Å². The highest BCUT2D eigenvalue weighted by Gasteiger charge is 2.23. The van der Waals surface area contributed by atoms with Crippen LogP contribution in [0.5, 0.6) is 5.75 Å². The average molecular weight is 600 g/mol. The van der Waals surface area contributed by atoms with Crippen molar-refractivity contribution in [2.24, 2.45) is 0 Å². The maximum absolute atomic E-state index is 12.5. The Bertz CT molecular complexity index is 1220. The number of esters is 1. The summed E-state index contributed by atoms with van der Waals surface area (Å²) in [6.07, 6.45) is -0.0617. The van der Waals surface area contributed by atoms with E-state index in [9.17, 15) is 24.3 Å². The highest BCUT2D eigenvalue weighted by Crippen LogP contribution is 2.26. The van der Waals surface area contributed by atoms with Crippen molar-refractivity contribution in [3.8, 4) is 5.75 Å². The van der Waals surface area contributed by atoms with Crippen LogP contribution >= 0.6 is 0 Å². The first-order valence-electron chi connectivity index (χ1n) is 14.4. The van der Waals surface area contributed by atoms with Gasteiger partial charge in [-0.25, -0.2) is 9.59 Å². The zero-order valence-electron chi connectivity index (χ0n) is 26.0. The molecule has 0 aliphatic carbocycles. The van der Waals surface area contributed by atoms with E-state index in [1.807, 2.05) is 30.3 Å². The molecule has 11 heteroatoms. The molecule has 11 nitrogen and oxygen atoms in total. The third kappa shape index (κ3) is 15.5. The number of benzene rings is 2. The monoisotopic (exact) mass is 599 g/mol. The van der Waals surface area contributed by atoms with Gasteiger partial charge in [-0.3, -0.25) is 9.59 Å². The summed E-state index contributed by atoms with van der Waals surface area (Å²) in [7, 11) is 0. The fourth-order valence-electron chi connectivity index (χ4n) is 3.91. The first kappa shape index (κ1) is 34.9. The molecular weight excluding hydrogens is 554 g/mol. The Labute approximate surface area is 253 Å². The Morgan fingerprint density at radius 2 is 1.51 bits per heavy atom. The fraction of sp³-hybridized carbons (Fsp3) is 0.500. The van der Waals surface area contributed by atoms with Crippen molar-refractivity contribution in [1.82, 2.24) is 10.6 Å². The number of anilines is 1. The summed E-state index contributed by atoms with van der Waals surface area (Å²) < 4.78 is 15.9. The highest BCUT2D eigenvalue weighted by atomic mass is 16.6. The minimum Gasteiger partial charge on any atom is -0.506 e.